The molecule has 0 saturated carbocycles. The SMILES string of the molecule is CCCCOC(=O)[C@@H](C)OC(=O)c1ccccc1COCC=C(C)C. The summed E-state index contributed by atoms with van der Waals surface area (Å²) in [7, 11) is 0. The number of esters is 2. The average molecular weight is 348 g/mol. The lowest BCUT2D eigenvalue weighted by molar-refractivity contribution is -0.153. The van der Waals surface area contributed by atoms with Gasteiger partial charge in [0.2, 0.25) is 0 Å². The molecule has 0 radical (unpaired) electrons. The first-order valence-corrected chi connectivity index (χ1v) is 8.62. The van der Waals surface area contributed by atoms with Crippen LogP contribution in [0.4, 0.5) is 0 Å². The molecule has 0 heterocycles. The van der Waals surface area contributed by atoms with Gasteiger partial charge in [-0.15, -0.1) is 0 Å². The van der Waals surface area contributed by atoms with Gasteiger partial charge in [-0.25, -0.2) is 9.59 Å². The van der Waals surface area contributed by atoms with Gasteiger partial charge < -0.3 is 14.2 Å². The first-order valence-electron chi connectivity index (χ1n) is 8.62. The zero-order valence-electron chi connectivity index (χ0n) is 15.5. The molecular formula is C20H28O5. The predicted molar refractivity (Wildman–Crippen MR) is 96.3 cm³/mol. The molecule has 1 rings (SSSR count). The Bertz CT molecular complexity index is 588. The van der Waals surface area contributed by atoms with Crippen molar-refractivity contribution in [1.29, 1.82) is 0 Å². The molecule has 0 bridgehead atoms. The molecule has 1 atom stereocenters. The van der Waals surface area contributed by atoms with Gasteiger partial charge in [0.1, 0.15) is 0 Å². The Morgan fingerprint density at radius 3 is 2.60 bits per heavy atom. The van der Waals surface area contributed by atoms with Crippen molar-refractivity contribution >= 4 is 11.9 Å². The topological polar surface area (TPSA) is 61.8 Å². The van der Waals surface area contributed by atoms with Crippen molar-refractivity contribution in [2.45, 2.75) is 53.2 Å². The van der Waals surface area contributed by atoms with E-state index in [0.717, 1.165) is 18.4 Å². The molecule has 0 N–H and O–H groups in total. The fourth-order valence-corrected chi connectivity index (χ4v) is 1.95. The van der Waals surface area contributed by atoms with Crippen LogP contribution in [0, 0.1) is 0 Å². The lowest BCUT2D eigenvalue weighted by atomic mass is 10.1. The lowest BCUT2D eigenvalue weighted by Gasteiger charge is -2.14. The van der Waals surface area contributed by atoms with E-state index in [0.29, 0.717) is 25.4 Å². The van der Waals surface area contributed by atoms with Gasteiger partial charge in [-0.05, 0) is 38.8 Å². The van der Waals surface area contributed by atoms with Crippen LogP contribution < -0.4 is 0 Å². The van der Waals surface area contributed by atoms with Crippen LogP contribution in [-0.2, 0) is 25.6 Å². The summed E-state index contributed by atoms with van der Waals surface area (Å²) in [6.07, 6.45) is 2.75. The highest BCUT2D eigenvalue weighted by Gasteiger charge is 2.21. The molecule has 0 aliphatic rings. The van der Waals surface area contributed by atoms with Crippen LogP contribution in [-0.4, -0.2) is 31.3 Å². The average Bonchev–Trinajstić information content (AvgIpc) is 2.58. The Balaban J connectivity index is 2.62. The minimum absolute atomic E-state index is 0.296. The third-order valence-electron chi connectivity index (χ3n) is 3.46. The van der Waals surface area contributed by atoms with Crippen molar-refractivity contribution < 1.29 is 23.8 Å². The van der Waals surface area contributed by atoms with E-state index in [-0.39, 0.29) is 0 Å². The second-order valence-electron chi connectivity index (χ2n) is 6.02. The summed E-state index contributed by atoms with van der Waals surface area (Å²) in [6.45, 7) is 8.63. The highest BCUT2D eigenvalue weighted by Crippen LogP contribution is 2.13. The van der Waals surface area contributed by atoms with E-state index in [1.165, 1.54) is 12.5 Å². The van der Waals surface area contributed by atoms with Crippen LogP contribution in [0.15, 0.2) is 35.9 Å². The van der Waals surface area contributed by atoms with E-state index in [1.54, 1.807) is 12.1 Å². The summed E-state index contributed by atoms with van der Waals surface area (Å²) < 4.78 is 15.9. The van der Waals surface area contributed by atoms with E-state index >= 15 is 0 Å². The number of hydrogen-bond donors (Lipinski definition) is 0. The second kappa shape index (κ2) is 11.4. The minimum Gasteiger partial charge on any atom is -0.463 e. The molecule has 0 aliphatic heterocycles. The van der Waals surface area contributed by atoms with Crippen LogP contribution in [0.2, 0.25) is 0 Å². The van der Waals surface area contributed by atoms with Crippen molar-refractivity contribution in [3.8, 4) is 0 Å². The van der Waals surface area contributed by atoms with Crippen LogP contribution in [0.5, 0.6) is 0 Å². The summed E-state index contributed by atoms with van der Waals surface area (Å²) >= 11 is 0. The molecule has 5 nitrogen and oxygen atoms in total. The fourth-order valence-electron chi connectivity index (χ4n) is 1.95. The molecule has 1 aromatic carbocycles. The maximum Gasteiger partial charge on any atom is 0.347 e. The Morgan fingerprint density at radius 1 is 1.20 bits per heavy atom. The molecule has 0 fully saturated rings. The molecule has 0 saturated heterocycles. The molecule has 5 heteroatoms. The highest BCUT2D eigenvalue weighted by molar-refractivity contribution is 5.92. The third kappa shape index (κ3) is 7.98. The molecule has 0 aliphatic carbocycles. The molecule has 25 heavy (non-hydrogen) atoms. The number of allylic oxidation sites excluding steroid dienone is 1. The Morgan fingerprint density at radius 2 is 1.92 bits per heavy atom. The lowest BCUT2D eigenvalue weighted by Crippen LogP contribution is -2.27. The first kappa shape index (κ1) is 20.9. The van der Waals surface area contributed by atoms with Crippen molar-refractivity contribution in [1.82, 2.24) is 0 Å². The molecule has 0 amide bonds. The predicted octanol–water partition coefficient (Wildman–Crippen LogP) is 4.06. The molecule has 1 aromatic rings. The molecule has 138 valence electrons. The van der Waals surface area contributed by atoms with Crippen LogP contribution in [0.3, 0.4) is 0 Å². The first-order chi connectivity index (χ1) is 12.0. The molecule has 0 unspecified atom stereocenters. The zero-order valence-corrected chi connectivity index (χ0v) is 15.5. The number of carbonyl (C=O) groups is 2. The monoisotopic (exact) mass is 348 g/mol. The Labute approximate surface area is 150 Å². The van der Waals surface area contributed by atoms with Gasteiger partial charge in [0.15, 0.2) is 6.10 Å². The number of rotatable bonds is 10. The Hall–Kier alpha value is -2.14. The quantitative estimate of drug-likeness (QED) is 0.362. The summed E-state index contributed by atoms with van der Waals surface area (Å²) in [5.41, 5.74) is 2.29. The molecular weight excluding hydrogens is 320 g/mol. The van der Waals surface area contributed by atoms with Gasteiger partial charge in [-0.2, -0.15) is 0 Å². The summed E-state index contributed by atoms with van der Waals surface area (Å²) in [6, 6.07) is 7.06. The second-order valence-corrected chi connectivity index (χ2v) is 6.02. The largest absolute Gasteiger partial charge is 0.463 e. The van der Waals surface area contributed by atoms with E-state index < -0.39 is 18.0 Å². The highest BCUT2D eigenvalue weighted by atomic mass is 16.6. The summed E-state index contributed by atoms with van der Waals surface area (Å²) in [5, 5.41) is 0. The van der Waals surface area contributed by atoms with Crippen molar-refractivity contribution in [3.05, 3.63) is 47.0 Å². The number of unbranched alkanes of at least 4 members (excludes halogenated alkanes) is 1. The van der Waals surface area contributed by atoms with E-state index in [4.69, 9.17) is 14.2 Å². The normalized spacial score (nSPS) is 11.5. The van der Waals surface area contributed by atoms with Gasteiger partial charge in [-0.1, -0.05) is 43.2 Å². The third-order valence-corrected chi connectivity index (χ3v) is 3.46. The van der Waals surface area contributed by atoms with Gasteiger partial charge in [0, 0.05) is 0 Å². The van der Waals surface area contributed by atoms with Crippen LogP contribution in [0.1, 0.15) is 56.5 Å². The van der Waals surface area contributed by atoms with Crippen molar-refractivity contribution in [2.75, 3.05) is 13.2 Å². The van der Waals surface area contributed by atoms with Crippen molar-refractivity contribution in [3.63, 3.8) is 0 Å². The maximum atomic E-state index is 12.4. The number of benzene rings is 1. The van der Waals surface area contributed by atoms with Gasteiger partial charge >= 0.3 is 11.9 Å². The standard InChI is InChI=1S/C20H28O5/c1-5-6-12-24-19(21)16(4)25-20(22)18-10-8-7-9-17(18)14-23-13-11-15(2)3/h7-11,16H,5-6,12-14H2,1-4H3/t16-/m1/s1. The summed E-state index contributed by atoms with van der Waals surface area (Å²) in [4.78, 5) is 24.2. The van der Waals surface area contributed by atoms with Crippen LogP contribution in [0.25, 0.3) is 0 Å². The Kier molecular flexibility index (Phi) is 9.55. The maximum absolute atomic E-state index is 12.4. The van der Waals surface area contributed by atoms with Gasteiger partial charge in [0.05, 0.1) is 25.4 Å². The zero-order chi connectivity index (χ0) is 18.7. The van der Waals surface area contributed by atoms with Gasteiger partial charge in [0.25, 0.3) is 0 Å². The number of carbonyl (C=O) groups excluding carboxylic acids is 2. The van der Waals surface area contributed by atoms with Crippen molar-refractivity contribution in [2.24, 2.45) is 0 Å². The molecule has 0 aromatic heterocycles. The summed E-state index contributed by atoms with van der Waals surface area (Å²) in [5.74, 6) is -1.08. The number of ether oxygens (including phenoxy) is 3. The van der Waals surface area contributed by atoms with Gasteiger partial charge in [-0.3, -0.25) is 0 Å². The fraction of sp³-hybridized carbons (Fsp3) is 0.500. The van der Waals surface area contributed by atoms with Crippen LogP contribution >= 0.6 is 0 Å². The van der Waals surface area contributed by atoms with E-state index in [2.05, 4.69) is 0 Å². The van der Waals surface area contributed by atoms with E-state index in [1.807, 2.05) is 39.0 Å². The van der Waals surface area contributed by atoms with E-state index in [9.17, 15) is 9.59 Å². The minimum atomic E-state index is -0.941. The molecule has 0 spiro atoms. The smallest absolute Gasteiger partial charge is 0.347 e. The number of hydrogen-bond acceptors (Lipinski definition) is 5.